The lowest BCUT2D eigenvalue weighted by atomic mass is 10.1. The van der Waals surface area contributed by atoms with Crippen LogP contribution < -0.4 is 0 Å². The lowest BCUT2D eigenvalue weighted by Crippen LogP contribution is -2.17. The van der Waals surface area contributed by atoms with Crippen LogP contribution in [-0.2, 0) is 16.0 Å². The molecule has 0 bridgehead atoms. The number of esters is 1. The topological polar surface area (TPSA) is 46.5 Å². The fourth-order valence-corrected chi connectivity index (χ4v) is 1.23. The van der Waals surface area contributed by atoms with E-state index < -0.39 is 11.5 Å². The highest BCUT2D eigenvalue weighted by Crippen LogP contribution is 2.03. The molecular formula is C11H13ClO3. The standard InChI is InChI=1S/C11H13ClO3/c12-10(13)11(14)15-8-4-7-9-5-2-1-3-6-9/h1-3,5-6,10,13H,4,7-8H2. The normalized spacial score (nSPS) is 12.1. The van der Waals surface area contributed by atoms with Crippen LogP contribution in [0.5, 0.6) is 0 Å². The summed E-state index contributed by atoms with van der Waals surface area (Å²) in [6.45, 7) is 0.275. The number of benzene rings is 1. The number of rotatable bonds is 5. The number of hydrogen-bond donors (Lipinski definition) is 1. The summed E-state index contributed by atoms with van der Waals surface area (Å²) in [6, 6.07) is 9.90. The highest BCUT2D eigenvalue weighted by Gasteiger charge is 2.11. The van der Waals surface area contributed by atoms with E-state index in [0.29, 0.717) is 0 Å². The van der Waals surface area contributed by atoms with Crippen molar-refractivity contribution in [1.82, 2.24) is 0 Å². The Hall–Kier alpha value is -1.06. The summed E-state index contributed by atoms with van der Waals surface area (Å²) >= 11 is 5.11. The Morgan fingerprint density at radius 2 is 2.07 bits per heavy atom. The summed E-state index contributed by atoms with van der Waals surface area (Å²) in [4.78, 5) is 10.7. The van der Waals surface area contributed by atoms with E-state index in [-0.39, 0.29) is 6.61 Å². The first-order chi connectivity index (χ1) is 7.20. The smallest absolute Gasteiger partial charge is 0.350 e. The SMILES string of the molecule is O=C(OCCCc1ccccc1)C(O)Cl. The van der Waals surface area contributed by atoms with Crippen LogP contribution in [0.25, 0.3) is 0 Å². The first kappa shape index (κ1) is 12.0. The number of carbonyl (C=O) groups is 1. The van der Waals surface area contributed by atoms with Gasteiger partial charge in [0.25, 0.3) is 0 Å². The van der Waals surface area contributed by atoms with Gasteiger partial charge in [-0.05, 0) is 18.4 Å². The van der Waals surface area contributed by atoms with Gasteiger partial charge in [-0.2, -0.15) is 0 Å². The molecule has 15 heavy (non-hydrogen) atoms. The van der Waals surface area contributed by atoms with E-state index in [1.807, 2.05) is 30.3 Å². The lowest BCUT2D eigenvalue weighted by molar-refractivity contribution is -0.149. The quantitative estimate of drug-likeness (QED) is 0.474. The lowest BCUT2D eigenvalue weighted by Gasteiger charge is -2.05. The molecule has 1 aromatic carbocycles. The van der Waals surface area contributed by atoms with Gasteiger partial charge in [-0.25, -0.2) is 4.79 Å². The van der Waals surface area contributed by atoms with Gasteiger partial charge < -0.3 is 9.84 Å². The predicted octanol–water partition coefficient (Wildman–Crippen LogP) is 1.72. The van der Waals surface area contributed by atoms with Gasteiger partial charge in [0.2, 0.25) is 5.56 Å². The third-order valence-electron chi connectivity index (χ3n) is 1.89. The highest BCUT2D eigenvalue weighted by molar-refractivity contribution is 6.28. The Balaban J connectivity index is 2.15. The van der Waals surface area contributed by atoms with E-state index in [1.165, 1.54) is 5.56 Å². The Bertz CT molecular complexity index is 298. The van der Waals surface area contributed by atoms with Crippen molar-refractivity contribution >= 4 is 17.6 Å². The molecule has 1 unspecified atom stereocenters. The van der Waals surface area contributed by atoms with Gasteiger partial charge in [0, 0.05) is 0 Å². The minimum absolute atomic E-state index is 0.275. The van der Waals surface area contributed by atoms with Crippen molar-refractivity contribution in [2.75, 3.05) is 6.61 Å². The Morgan fingerprint density at radius 1 is 1.40 bits per heavy atom. The second-order valence-electron chi connectivity index (χ2n) is 3.09. The molecule has 0 saturated heterocycles. The largest absolute Gasteiger partial charge is 0.463 e. The molecular weight excluding hydrogens is 216 g/mol. The Labute approximate surface area is 93.6 Å². The highest BCUT2D eigenvalue weighted by atomic mass is 35.5. The molecule has 0 aliphatic carbocycles. The zero-order chi connectivity index (χ0) is 11.1. The van der Waals surface area contributed by atoms with E-state index in [1.54, 1.807) is 0 Å². The number of hydrogen-bond acceptors (Lipinski definition) is 3. The van der Waals surface area contributed by atoms with Gasteiger partial charge in [0.1, 0.15) is 0 Å². The van der Waals surface area contributed by atoms with Gasteiger partial charge in [-0.15, -0.1) is 0 Å². The zero-order valence-electron chi connectivity index (χ0n) is 8.23. The van der Waals surface area contributed by atoms with Crippen LogP contribution in [0, 0.1) is 0 Å². The maximum absolute atomic E-state index is 10.7. The summed E-state index contributed by atoms with van der Waals surface area (Å²) in [5, 5.41) is 8.63. The number of aliphatic hydroxyl groups is 1. The van der Waals surface area contributed by atoms with E-state index in [9.17, 15) is 4.79 Å². The molecule has 0 aromatic heterocycles. The van der Waals surface area contributed by atoms with Crippen LogP contribution in [-0.4, -0.2) is 23.2 Å². The summed E-state index contributed by atoms with van der Waals surface area (Å²) in [5.41, 5.74) is -0.360. The minimum Gasteiger partial charge on any atom is -0.463 e. The molecule has 82 valence electrons. The number of aliphatic hydroxyl groups excluding tert-OH is 1. The van der Waals surface area contributed by atoms with Gasteiger partial charge in [0.15, 0.2) is 0 Å². The number of aryl methyl sites for hydroxylation is 1. The zero-order valence-corrected chi connectivity index (χ0v) is 8.98. The summed E-state index contributed by atoms with van der Waals surface area (Å²) < 4.78 is 4.70. The van der Waals surface area contributed by atoms with Gasteiger partial charge in [-0.3, -0.25) is 0 Å². The second-order valence-corrected chi connectivity index (χ2v) is 3.51. The van der Waals surface area contributed by atoms with E-state index in [4.69, 9.17) is 21.4 Å². The van der Waals surface area contributed by atoms with E-state index in [0.717, 1.165) is 12.8 Å². The third kappa shape index (κ3) is 4.81. The van der Waals surface area contributed by atoms with Crippen LogP contribution in [0.4, 0.5) is 0 Å². The fraction of sp³-hybridized carbons (Fsp3) is 0.364. The maximum Gasteiger partial charge on any atom is 0.350 e. The summed E-state index contributed by atoms with van der Waals surface area (Å²) in [6.07, 6.45) is 1.56. The average molecular weight is 229 g/mol. The molecule has 0 heterocycles. The Kier molecular flexibility index (Phi) is 5.15. The average Bonchev–Trinajstić information content (AvgIpc) is 2.25. The maximum atomic E-state index is 10.7. The minimum atomic E-state index is -1.55. The molecule has 0 radical (unpaired) electrons. The third-order valence-corrected chi connectivity index (χ3v) is 2.07. The number of alkyl halides is 1. The molecule has 1 aromatic rings. The van der Waals surface area contributed by atoms with Crippen LogP contribution in [0.2, 0.25) is 0 Å². The Morgan fingerprint density at radius 3 is 2.67 bits per heavy atom. The molecule has 0 saturated carbocycles. The van der Waals surface area contributed by atoms with Crippen LogP contribution in [0.15, 0.2) is 30.3 Å². The number of ether oxygens (including phenoxy) is 1. The molecule has 1 atom stereocenters. The van der Waals surface area contributed by atoms with Crippen LogP contribution in [0.3, 0.4) is 0 Å². The van der Waals surface area contributed by atoms with Crippen LogP contribution >= 0.6 is 11.6 Å². The van der Waals surface area contributed by atoms with Crippen molar-refractivity contribution in [1.29, 1.82) is 0 Å². The van der Waals surface area contributed by atoms with E-state index in [2.05, 4.69) is 0 Å². The first-order valence-electron chi connectivity index (χ1n) is 4.73. The molecule has 0 amide bonds. The van der Waals surface area contributed by atoms with Gasteiger partial charge in [-0.1, -0.05) is 41.9 Å². The summed E-state index contributed by atoms with van der Waals surface area (Å²) in [5.74, 6) is -0.787. The first-order valence-corrected chi connectivity index (χ1v) is 5.16. The molecule has 4 heteroatoms. The molecule has 1 rings (SSSR count). The number of carbonyl (C=O) groups excluding carboxylic acids is 1. The van der Waals surface area contributed by atoms with Crippen molar-refractivity contribution in [3.05, 3.63) is 35.9 Å². The monoisotopic (exact) mass is 228 g/mol. The van der Waals surface area contributed by atoms with Gasteiger partial charge in [0.05, 0.1) is 6.61 Å². The van der Waals surface area contributed by atoms with Gasteiger partial charge >= 0.3 is 5.97 Å². The summed E-state index contributed by atoms with van der Waals surface area (Å²) in [7, 11) is 0. The fourth-order valence-electron chi connectivity index (χ4n) is 1.16. The van der Waals surface area contributed by atoms with Crippen LogP contribution in [0.1, 0.15) is 12.0 Å². The van der Waals surface area contributed by atoms with Crippen molar-refractivity contribution in [3.63, 3.8) is 0 Å². The van der Waals surface area contributed by atoms with Crippen molar-refractivity contribution in [3.8, 4) is 0 Å². The molecule has 0 aliphatic rings. The van der Waals surface area contributed by atoms with E-state index >= 15 is 0 Å². The number of halogens is 1. The molecule has 0 aliphatic heterocycles. The van der Waals surface area contributed by atoms with Crippen molar-refractivity contribution in [2.24, 2.45) is 0 Å². The molecule has 3 nitrogen and oxygen atoms in total. The van der Waals surface area contributed by atoms with Crippen molar-refractivity contribution in [2.45, 2.75) is 18.4 Å². The molecule has 0 spiro atoms. The molecule has 0 fully saturated rings. The molecule has 1 N–H and O–H groups in total. The predicted molar refractivity (Wildman–Crippen MR) is 57.6 cm³/mol. The van der Waals surface area contributed by atoms with Crippen molar-refractivity contribution < 1.29 is 14.6 Å². The second kappa shape index (κ2) is 6.43.